The van der Waals surface area contributed by atoms with Crippen molar-refractivity contribution in [1.29, 1.82) is 0 Å². The second-order valence-corrected chi connectivity index (χ2v) is 4.98. The summed E-state index contributed by atoms with van der Waals surface area (Å²) >= 11 is 8.14. The van der Waals surface area contributed by atoms with Crippen LogP contribution < -0.4 is 5.32 Å². The van der Waals surface area contributed by atoms with E-state index in [-0.39, 0.29) is 0 Å². The molecule has 0 unspecified atom stereocenters. The van der Waals surface area contributed by atoms with Crippen LogP contribution in [0.25, 0.3) is 5.69 Å². The van der Waals surface area contributed by atoms with E-state index in [0.29, 0.717) is 11.6 Å². The Bertz CT molecular complexity index is 513. The Hall–Kier alpha value is -0.730. The molecule has 0 saturated heterocycles. The number of nitrogens with zero attached hydrogens (tertiary/aromatic N) is 4. The van der Waals surface area contributed by atoms with E-state index >= 15 is 0 Å². The summed E-state index contributed by atoms with van der Waals surface area (Å²) in [5.74, 6) is 0.784. The Morgan fingerprint density at radius 1 is 1.47 bits per heavy atom. The van der Waals surface area contributed by atoms with Crippen LogP contribution in [0, 0.1) is 3.57 Å². The summed E-state index contributed by atoms with van der Waals surface area (Å²) in [5, 5.41) is 15.6. The fourth-order valence-corrected chi connectivity index (χ4v) is 2.49. The van der Waals surface area contributed by atoms with Gasteiger partial charge in [0, 0.05) is 8.59 Å². The molecule has 0 radical (unpaired) electrons. The first-order valence-electron chi connectivity index (χ1n) is 5.15. The van der Waals surface area contributed by atoms with Crippen molar-refractivity contribution in [3.63, 3.8) is 0 Å². The molecule has 0 saturated carbocycles. The lowest BCUT2D eigenvalue weighted by atomic mass is 10.3. The molecule has 2 rings (SSSR count). The van der Waals surface area contributed by atoms with E-state index in [9.17, 15) is 0 Å². The SMILES string of the molecule is CCNCc1nnnn1-c1ccc(Cl)cc1I. The van der Waals surface area contributed by atoms with Crippen molar-refractivity contribution < 1.29 is 0 Å². The Morgan fingerprint density at radius 2 is 2.29 bits per heavy atom. The molecule has 0 atom stereocenters. The lowest BCUT2D eigenvalue weighted by Crippen LogP contribution is -2.16. The highest BCUT2D eigenvalue weighted by molar-refractivity contribution is 14.1. The van der Waals surface area contributed by atoms with Gasteiger partial charge in [0.15, 0.2) is 5.82 Å². The summed E-state index contributed by atoms with van der Waals surface area (Å²) in [6.45, 7) is 3.56. The Morgan fingerprint density at radius 3 is 3.00 bits per heavy atom. The maximum Gasteiger partial charge on any atom is 0.170 e. The zero-order chi connectivity index (χ0) is 12.3. The molecular weight excluding hydrogens is 353 g/mol. The van der Waals surface area contributed by atoms with Crippen molar-refractivity contribution in [2.24, 2.45) is 0 Å². The first-order valence-corrected chi connectivity index (χ1v) is 6.61. The molecule has 17 heavy (non-hydrogen) atoms. The van der Waals surface area contributed by atoms with E-state index in [1.165, 1.54) is 0 Å². The van der Waals surface area contributed by atoms with Gasteiger partial charge in [0.05, 0.1) is 12.2 Å². The molecule has 0 spiro atoms. The van der Waals surface area contributed by atoms with E-state index in [1.807, 2.05) is 25.1 Å². The minimum atomic E-state index is 0.641. The molecule has 5 nitrogen and oxygen atoms in total. The zero-order valence-electron chi connectivity index (χ0n) is 9.19. The Kier molecular flexibility index (Phi) is 4.30. The van der Waals surface area contributed by atoms with Crippen LogP contribution >= 0.6 is 34.2 Å². The van der Waals surface area contributed by atoms with Gasteiger partial charge in [-0.2, -0.15) is 4.68 Å². The summed E-state index contributed by atoms with van der Waals surface area (Å²) in [6, 6.07) is 5.63. The predicted octanol–water partition coefficient (Wildman–Crippen LogP) is 2.03. The van der Waals surface area contributed by atoms with Crippen LogP contribution in [0.3, 0.4) is 0 Å². The zero-order valence-corrected chi connectivity index (χ0v) is 12.1. The summed E-state index contributed by atoms with van der Waals surface area (Å²) in [6.07, 6.45) is 0. The fourth-order valence-electron chi connectivity index (χ4n) is 1.39. The third-order valence-electron chi connectivity index (χ3n) is 2.21. The molecule has 1 heterocycles. The number of nitrogens with one attached hydrogen (secondary N) is 1. The fraction of sp³-hybridized carbons (Fsp3) is 0.300. The largest absolute Gasteiger partial charge is 0.310 e. The molecule has 1 aromatic carbocycles. The number of hydrogen-bond acceptors (Lipinski definition) is 4. The third-order valence-corrected chi connectivity index (χ3v) is 3.30. The van der Waals surface area contributed by atoms with Crippen molar-refractivity contribution in [2.75, 3.05) is 6.54 Å². The van der Waals surface area contributed by atoms with Gasteiger partial charge in [-0.25, -0.2) is 0 Å². The maximum atomic E-state index is 5.92. The molecule has 1 N–H and O–H groups in total. The van der Waals surface area contributed by atoms with Gasteiger partial charge >= 0.3 is 0 Å². The van der Waals surface area contributed by atoms with Crippen molar-refractivity contribution in [3.05, 3.63) is 32.6 Å². The lowest BCUT2D eigenvalue weighted by Gasteiger charge is -2.07. The molecule has 0 aliphatic heterocycles. The lowest BCUT2D eigenvalue weighted by molar-refractivity contribution is 0.663. The first-order chi connectivity index (χ1) is 8.22. The van der Waals surface area contributed by atoms with Crippen LogP contribution in [0.4, 0.5) is 0 Å². The quantitative estimate of drug-likeness (QED) is 0.845. The smallest absolute Gasteiger partial charge is 0.170 e. The van der Waals surface area contributed by atoms with Gasteiger partial charge in [-0.3, -0.25) is 0 Å². The maximum absolute atomic E-state index is 5.92. The summed E-state index contributed by atoms with van der Waals surface area (Å²) < 4.78 is 2.74. The average molecular weight is 364 g/mol. The van der Waals surface area contributed by atoms with Gasteiger partial charge in [0.25, 0.3) is 0 Å². The van der Waals surface area contributed by atoms with Crippen molar-refractivity contribution in [2.45, 2.75) is 13.5 Å². The average Bonchev–Trinajstić information content (AvgIpc) is 2.74. The number of tetrazole rings is 1. The third kappa shape index (κ3) is 2.93. The van der Waals surface area contributed by atoms with Crippen molar-refractivity contribution in [3.8, 4) is 5.69 Å². The minimum Gasteiger partial charge on any atom is -0.310 e. The molecule has 1 aromatic heterocycles. The molecule has 0 fully saturated rings. The van der Waals surface area contributed by atoms with E-state index in [0.717, 1.165) is 21.6 Å². The number of aromatic nitrogens is 4. The van der Waals surface area contributed by atoms with Crippen LogP contribution in [0.15, 0.2) is 18.2 Å². The van der Waals surface area contributed by atoms with Gasteiger partial charge in [0.2, 0.25) is 0 Å². The standard InChI is InChI=1S/C10H11ClIN5/c1-2-13-6-10-14-15-16-17(10)9-4-3-7(11)5-8(9)12/h3-5,13H,2,6H2,1H3. The number of benzene rings is 1. The predicted molar refractivity (Wildman–Crippen MR) is 74.3 cm³/mol. The summed E-state index contributed by atoms with van der Waals surface area (Å²) in [7, 11) is 0. The van der Waals surface area contributed by atoms with Gasteiger partial charge in [-0.1, -0.05) is 18.5 Å². The van der Waals surface area contributed by atoms with Crippen LogP contribution in [0.2, 0.25) is 5.02 Å². The Labute approximate surface area is 118 Å². The molecule has 0 bridgehead atoms. The second kappa shape index (κ2) is 5.74. The highest BCUT2D eigenvalue weighted by atomic mass is 127. The summed E-state index contributed by atoms with van der Waals surface area (Å²) in [4.78, 5) is 0. The van der Waals surface area contributed by atoms with E-state index < -0.39 is 0 Å². The van der Waals surface area contributed by atoms with Crippen molar-refractivity contribution in [1.82, 2.24) is 25.5 Å². The highest BCUT2D eigenvalue weighted by Gasteiger charge is 2.10. The van der Waals surface area contributed by atoms with Crippen LogP contribution in [-0.2, 0) is 6.54 Å². The molecule has 0 amide bonds. The molecule has 90 valence electrons. The van der Waals surface area contributed by atoms with Gasteiger partial charge in [0.1, 0.15) is 0 Å². The van der Waals surface area contributed by atoms with Gasteiger partial charge < -0.3 is 5.32 Å². The monoisotopic (exact) mass is 363 g/mol. The minimum absolute atomic E-state index is 0.641. The molecule has 0 aliphatic carbocycles. The first kappa shape index (κ1) is 12.7. The molecular formula is C10H11ClIN5. The van der Waals surface area contributed by atoms with Crippen LogP contribution in [-0.4, -0.2) is 26.8 Å². The summed E-state index contributed by atoms with van der Waals surface area (Å²) in [5.41, 5.74) is 0.938. The van der Waals surface area contributed by atoms with E-state index in [2.05, 4.69) is 43.4 Å². The highest BCUT2D eigenvalue weighted by Crippen LogP contribution is 2.21. The molecule has 0 aliphatic rings. The number of hydrogen-bond donors (Lipinski definition) is 1. The van der Waals surface area contributed by atoms with E-state index in [1.54, 1.807) is 4.68 Å². The number of halogens is 2. The van der Waals surface area contributed by atoms with Crippen molar-refractivity contribution >= 4 is 34.2 Å². The second-order valence-electron chi connectivity index (χ2n) is 3.38. The Balaban J connectivity index is 2.35. The molecule has 7 heteroatoms. The van der Waals surface area contributed by atoms with Crippen LogP contribution in [0.1, 0.15) is 12.7 Å². The number of rotatable bonds is 4. The van der Waals surface area contributed by atoms with Gasteiger partial charge in [-0.05, 0) is 57.8 Å². The normalized spacial score (nSPS) is 10.8. The van der Waals surface area contributed by atoms with Crippen LogP contribution in [0.5, 0.6) is 0 Å². The van der Waals surface area contributed by atoms with Gasteiger partial charge in [-0.15, -0.1) is 5.10 Å². The van der Waals surface area contributed by atoms with E-state index in [4.69, 9.17) is 11.6 Å². The topological polar surface area (TPSA) is 55.6 Å². The molecule has 2 aromatic rings.